The lowest BCUT2D eigenvalue weighted by Crippen LogP contribution is -2.57. The van der Waals surface area contributed by atoms with Crippen molar-refractivity contribution in [1.29, 1.82) is 0 Å². The molecule has 25 heavy (non-hydrogen) atoms. The van der Waals surface area contributed by atoms with Crippen LogP contribution in [0.2, 0.25) is 0 Å². The van der Waals surface area contributed by atoms with Gasteiger partial charge in [0.05, 0.1) is 6.04 Å². The average molecular weight is 344 g/mol. The lowest BCUT2D eigenvalue weighted by Gasteiger charge is -2.41. The molecule has 0 aliphatic heterocycles. The topological polar surface area (TPSA) is 58.4 Å². The van der Waals surface area contributed by atoms with Crippen molar-refractivity contribution in [3.63, 3.8) is 0 Å². The van der Waals surface area contributed by atoms with Crippen molar-refractivity contribution in [3.05, 3.63) is 35.9 Å². The van der Waals surface area contributed by atoms with Crippen molar-refractivity contribution in [2.24, 2.45) is 11.7 Å². The molecule has 0 unspecified atom stereocenters. The predicted octanol–water partition coefficient (Wildman–Crippen LogP) is 3.06. The van der Waals surface area contributed by atoms with E-state index in [1.807, 2.05) is 13.8 Å². The van der Waals surface area contributed by atoms with E-state index in [9.17, 15) is 4.79 Å². The predicted molar refractivity (Wildman–Crippen MR) is 102 cm³/mol. The van der Waals surface area contributed by atoms with E-state index in [-0.39, 0.29) is 17.9 Å². The van der Waals surface area contributed by atoms with Crippen molar-refractivity contribution in [3.8, 4) is 0 Å². The van der Waals surface area contributed by atoms with Crippen LogP contribution < -0.4 is 11.1 Å². The number of nitrogens with two attached hydrogens (primary N) is 1. The van der Waals surface area contributed by atoms with Crippen molar-refractivity contribution >= 4 is 5.91 Å². The van der Waals surface area contributed by atoms with Gasteiger partial charge in [0, 0.05) is 24.7 Å². The van der Waals surface area contributed by atoms with Crippen LogP contribution in [0.3, 0.4) is 0 Å². The molecule has 3 rings (SSSR count). The van der Waals surface area contributed by atoms with Crippen LogP contribution in [0.5, 0.6) is 0 Å². The zero-order chi connectivity index (χ0) is 17.8. The van der Waals surface area contributed by atoms with Crippen LogP contribution in [0.25, 0.3) is 0 Å². The second-order valence-corrected chi connectivity index (χ2v) is 8.13. The Morgan fingerprint density at radius 2 is 1.84 bits per heavy atom. The van der Waals surface area contributed by atoms with Gasteiger partial charge >= 0.3 is 0 Å². The number of nitrogens with one attached hydrogen (secondary N) is 1. The molecule has 138 valence electrons. The van der Waals surface area contributed by atoms with E-state index >= 15 is 0 Å². The van der Waals surface area contributed by atoms with Crippen LogP contribution in [0.1, 0.15) is 57.9 Å². The Labute approximate surface area is 152 Å². The Morgan fingerprint density at radius 3 is 2.48 bits per heavy atom. The standard InChI is InChI=1S/C21H33N3O/c1-15(2)20(22)21(25)23-18-10-6-7-11-19(18)24(17-12-13-17)14-16-8-4-3-5-9-16/h3-5,8-9,15,17-20H,6-7,10-14,22H2,1-2H3,(H,23,25)/t18-,19+,20+/m1/s1. The van der Waals surface area contributed by atoms with Crippen LogP contribution in [-0.4, -0.2) is 35.0 Å². The summed E-state index contributed by atoms with van der Waals surface area (Å²) in [6, 6.07) is 11.7. The molecule has 2 saturated carbocycles. The number of rotatable bonds is 7. The molecule has 0 bridgehead atoms. The highest BCUT2D eigenvalue weighted by molar-refractivity contribution is 5.82. The van der Waals surface area contributed by atoms with Gasteiger partial charge in [-0.25, -0.2) is 0 Å². The molecule has 0 saturated heterocycles. The molecule has 1 amide bonds. The van der Waals surface area contributed by atoms with Gasteiger partial charge in [-0.05, 0) is 37.2 Å². The van der Waals surface area contributed by atoms with Gasteiger partial charge in [-0.1, -0.05) is 57.0 Å². The van der Waals surface area contributed by atoms with Crippen molar-refractivity contribution < 1.29 is 4.79 Å². The van der Waals surface area contributed by atoms with Gasteiger partial charge in [0.15, 0.2) is 0 Å². The van der Waals surface area contributed by atoms with Gasteiger partial charge in [0.2, 0.25) is 5.91 Å². The van der Waals surface area contributed by atoms with Gasteiger partial charge in [0.25, 0.3) is 0 Å². The minimum atomic E-state index is -0.411. The van der Waals surface area contributed by atoms with Crippen LogP contribution in [0.4, 0.5) is 0 Å². The van der Waals surface area contributed by atoms with E-state index in [1.54, 1.807) is 0 Å². The molecule has 0 radical (unpaired) electrons. The highest BCUT2D eigenvalue weighted by atomic mass is 16.2. The smallest absolute Gasteiger partial charge is 0.237 e. The lowest BCUT2D eigenvalue weighted by atomic mass is 9.88. The Morgan fingerprint density at radius 1 is 1.16 bits per heavy atom. The second-order valence-electron chi connectivity index (χ2n) is 8.13. The van der Waals surface area contributed by atoms with Gasteiger partial charge in [-0.3, -0.25) is 9.69 Å². The molecule has 1 aromatic carbocycles. The number of carbonyl (C=O) groups excluding carboxylic acids is 1. The molecule has 0 heterocycles. The Bertz CT molecular complexity index is 556. The first kappa shape index (κ1) is 18.4. The molecule has 2 aliphatic rings. The molecule has 4 nitrogen and oxygen atoms in total. The van der Waals surface area contributed by atoms with Crippen LogP contribution in [-0.2, 0) is 11.3 Å². The van der Waals surface area contributed by atoms with Crippen LogP contribution >= 0.6 is 0 Å². The quantitative estimate of drug-likeness (QED) is 0.800. The second kappa shape index (κ2) is 8.33. The minimum absolute atomic E-state index is 0.0161. The first-order chi connectivity index (χ1) is 12.1. The third-order valence-corrected chi connectivity index (χ3v) is 5.73. The van der Waals surface area contributed by atoms with Gasteiger partial charge in [0.1, 0.15) is 0 Å². The molecular weight excluding hydrogens is 310 g/mol. The largest absolute Gasteiger partial charge is 0.350 e. The Kier molecular flexibility index (Phi) is 6.13. The lowest BCUT2D eigenvalue weighted by molar-refractivity contribution is -0.124. The number of amides is 1. The SMILES string of the molecule is CC(C)[C@H](N)C(=O)N[C@@H]1CCCC[C@@H]1N(Cc1ccccc1)C1CC1. The molecule has 1 aromatic rings. The van der Waals surface area contributed by atoms with Crippen molar-refractivity contribution in [2.45, 2.75) is 83.1 Å². The maximum absolute atomic E-state index is 12.5. The van der Waals surface area contributed by atoms with Crippen molar-refractivity contribution in [1.82, 2.24) is 10.2 Å². The van der Waals surface area contributed by atoms with E-state index in [0.717, 1.165) is 13.0 Å². The Balaban J connectivity index is 1.70. The molecule has 3 atom stereocenters. The third kappa shape index (κ3) is 4.83. The van der Waals surface area contributed by atoms with Gasteiger partial charge in [-0.2, -0.15) is 0 Å². The summed E-state index contributed by atoms with van der Waals surface area (Å²) in [4.78, 5) is 15.2. The zero-order valence-corrected chi connectivity index (χ0v) is 15.7. The molecule has 2 fully saturated rings. The summed E-state index contributed by atoms with van der Waals surface area (Å²) in [5.74, 6) is 0.188. The van der Waals surface area contributed by atoms with E-state index in [4.69, 9.17) is 5.73 Å². The normalized spacial score (nSPS) is 25.2. The fraction of sp³-hybridized carbons (Fsp3) is 0.667. The van der Waals surface area contributed by atoms with E-state index in [1.165, 1.54) is 37.7 Å². The third-order valence-electron chi connectivity index (χ3n) is 5.73. The molecule has 2 aliphatic carbocycles. The summed E-state index contributed by atoms with van der Waals surface area (Å²) in [7, 11) is 0. The van der Waals surface area contributed by atoms with Gasteiger partial charge in [-0.15, -0.1) is 0 Å². The maximum atomic E-state index is 12.5. The van der Waals surface area contributed by atoms with Gasteiger partial charge < -0.3 is 11.1 Å². The number of benzene rings is 1. The van der Waals surface area contributed by atoms with Crippen LogP contribution in [0, 0.1) is 5.92 Å². The fourth-order valence-corrected chi connectivity index (χ4v) is 3.98. The molecule has 0 spiro atoms. The molecule has 0 aromatic heterocycles. The minimum Gasteiger partial charge on any atom is -0.350 e. The van der Waals surface area contributed by atoms with E-state index < -0.39 is 6.04 Å². The van der Waals surface area contributed by atoms with Crippen LogP contribution in [0.15, 0.2) is 30.3 Å². The highest BCUT2D eigenvalue weighted by Crippen LogP contribution is 2.35. The van der Waals surface area contributed by atoms with Crippen molar-refractivity contribution in [2.75, 3.05) is 0 Å². The summed E-state index contributed by atoms with van der Waals surface area (Å²) in [6.45, 7) is 5.00. The number of hydrogen-bond donors (Lipinski definition) is 2. The number of nitrogens with zero attached hydrogens (tertiary/aromatic N) is 1. The summed E-state index contributed by atoms with van der Waals surface area (Å²) in [5.41, 5.74) is 7.43. The summed E-state index contributed by atoms with van der Waals surface area (Å²) < 4.78 is 0. The summed E-state index contributed by atoms with van der Waals surface area (Å²) in [6.07, 6.45) is 7.27. The number of carbonyl (C=O) groups is 1. The molecule has 3 N–H and O–H groups in total. The number of hydrogen-bond acceptors (Lipinski definition) is 3. The summed E-state index contributed by atoms with van der Waals surface area (Å²) >= 11 is 0. The zero-order valence-electron chi connectivity index (χ0n) is 15.7. The monoisotopic (exact) mass is 343 g/mol. The van der Waals surface area contributed by atoms with E-state index in [2.05, 4.69) is 40.5 Å². The molecular formula is C21H33N3O. The first-order valence-electron chi connectivity index (χ1n) is 9.92. The average Bonchev–Trinajstić information content (AvgIpc) is 3.45. The summed E-state index contributed by atoms with van der Waals surface area (Å²) in [5, 5.41) is 3.29. The Hall–Kier alpha value is -1.39. The van der Waals surface area contributed by atoms with E-state index in [0.29, 0.717) is 12.1 Å². The maximum Gasteiger partial charge on any atom is 0.237 e. The fourth-order valence-electron chi connectivity index (χ4n) is 3.98. The molecule has 4 heteroatoms. The first-order valence-corrected chi connectivity index (χ1v) is 9.92. The highest BCUT2D eigenvalue weighted by Gasteiger charge is 2.39.